The Kier molecular flexibility index (Phi) is 7.64. The average molecular weight is 550 g/mol. The van der Waals surface area contributed by atoms with Crippen molar-refractivity contribution in [1.82, 2.24) is 9.21 Å². The predicted molar refractivity (Wildman–Crippen MR) is 145 cm³/mol. The molecule has 3 aromatic rings. The third kappa shape index (κ3) is 5.25. The highest BCUT2D eigenvalue weighted by Crippen LogP contribution is 2.45. The number of hydrogen-bond acceptors (Lipinski definition) is 7. The number of nitrogens with zero attached hydrogens (tertiary/aromatic N) is 3. The van der Waals surface area contributed by atoms with Gasteiger partial charge in [-0.15, -0.1) is 0 Å². The molecule has 9 nitrogen and oxygen atoms in total. The number of carbonyl (C=O) groups is 1. The van der Waals surface area contributed by atoms with Crippen LogP contribution in [-0.2, 0) is 33.5 Å². The Morgan fingerprint density at radius 3 is 2.33 bits per heavy atom. The largest absolute Gasteiger partial charge is 0.377 e. The standard InChI is InChI=1S/C29H31N3O6S/c33-28-21-30(20-23-11-4-5-14-25(23)29(28,34)24-12-8-13-24)17-18-31(19-22-9-2-1-3-10-22)39(37,38)27-16-7-6-15-26(27)32(35)36/h1-7,9-11,14-16,24,34H,8,12-13,17-21H2. The summed E-state index contributed by atoms with van der Waals surface area (Å²) in [6, 6.07) is 21.8. The summed E-state index contributed by atoms with van der Waals surface area (Å²) in [4.78, 5) is 25.9. The maximum atomic E-state index is 13.8. The van der Waals surface area contributed by atoms with Crippen LogP contribution in [0.5, 0.6) is 0 Å². The molecule has 3 aromatic carbocycles. The molecular weight excluding hydrogens is 518 g/mol. The van der Waals surface area contributed by atoms with E-state index >= 15 is 0 Å². The molecule has 0 spiro atoms. The van der Waals surface area contributed by atoms with Crippen LogP contribution >= 0.6 is 0 Å². The molecule has 204 valence electrons. The first-order chi connectivity index (χ1) is 18.7. The molecule has 1 saturated carbocycles. The fourth-order valence-electron chi connectivity index (χ4n) is 5.52. The second-order valence-corrected chi connectivity index (χ2v) is 12.1. The summed E-state index contributed by atoms with van der Waals surface area (Å²) in [5, 5.41) is 23.3. The van der Waals surface area contributed by atoms with E-state index in [0.717, 1.165) is 30.4 Å². The van der Waals surface area contributed by atoms with Gasteiger partial charge in [-0.1, -0.05) is 73.2 Å². The van der Waals surface area contributed by atoms with Crippen molar-refractivity contribution in [3.8, 4) is 0 Å². The van der Waals surface area contributed by atoms with Gasteiger partial charge in [0.2, 0.25) is 10.0 Å². The molecule has 0 aromatic heterocycles. The summed E-state index contributed by atoms with van der Waals surface area (Å²) in [5.74, 6) is -0.409. The first-order valence-corrected chi connectivity index (χ1v) is 14.5. The number of benzene rings is 3. The second kappa shape index (κ2) is 11.0. The quantitative estimate of drug-likeness (QED) is 0.318. The van der Waals surface area contributed by atoms with Crippen molar-refractivity contribution in [2.45, 2.75) is 42.8 Å². The zero-order valence-electron chi connectivity index (χ0n) is 21.5. The van der Waals surface area contributed by atoms with Gasteiger partial charge in [-0.25, -0.2) is 8.42 Å². The maximum Gasteiger partial charge on any atom is 0.289 e. The summed E-state index contributed by atoms with van der Waals surface area (Å²) in [5.41, 5.74) is 0.172. The van der Waals surface area contributed by atoms with Gasteiger partial charge in [-0.3, -0.25) is 19.8 Å². The molecule has 1 heterocycles. The first-order valence-electron chi connectivity index (χ1n) is 13.0. The van der Waals surface area contributed by atoms with Crippen LogP contribution in [0.25, 0.3) is 0 Å². The highest BCUT2D eigenvalue weighted by molar-refractivity contribution is 7.89. The van der Waals surface area contributed by atoms with E-state index in [1.165, 1.54) is 28.6 Å². The van der Waals surface area contributed by atoms with Crippen molar-refractivity contribution in [3.63, 3.8) is 0 Å². The molecule has 1 N–H and O–H groups in total. The zero-order chi connectivity index (χ0) is 27.6. The van der Waals surface area contributed by atoms with Gasteiger partial charge in [0.1, 0.15) is 0 Å². The Labute approximate surface area is 227 Å². The van der Waals surface area contributed by atoms with E-state index in [2.05, 4.69) is 0 Å². The van der Waals surface area contributed by atoms with Crippen molar-refractivity contribution < 1.29 is 23.2 Å². The molecule has 1 unspecified atom stereocenters. The van der Waals surface area contributed by atoms with Crippen molar-refractivity contribution in [3.05, 3.63) is 106 Å². The minimum Gasteiger partial charge on any atom is -0.377 e. The summed E-state index contributed by atoms with van der Waals surface area (Å²) in [7, 11) is -4.26. The van der Waals surface area contributed by atoms with Crippen LogP contribution in [0, 0.1) is 16.0 Å². The number of para-hydroxylation sites is 1. The van der Waals surface area contributed by atoms with Crippen LogP contribution in [0.15, 0.2) is 83.8 Å². The lowest BCUT2D eigenvalue weighted by molar-refractivity contribution is -0.387. The molecule has 0 amide bonds. The van der Waals surface area contributed by atoms with Gasteiger partial charge in [-0.05, 0) is 41.5 Å². The third-order valence-electron chi connectivity index (χ3n) is 7.86. The number of nitro benzene ring substituents is 1. The zero-order valence-corrected chi connectivity index (χ0v) is 22.3. The number of carbonyl (C=O) groups excluding carboxylic acids is 1. The molecule has 0 radical (unpaired) electrons. The van der Waals surface area contributed by atoms with Gasteiger partial charge in [0.05, 0.1) is 11.5 Å². The number of aliphatic hydroxyl groups is 1. The normalized spacial score (nSPS) is 20.3. The molecule has 0 bridgehead atoms. The van der Waals surface area contributed by atoms with Crippen LogP contribution < -0.4 is 0 Å². The summed E-state index contributed by atoms with van der Waals surface area (Å²) < 4.78 is 28.8. The Balaban J connectivity index is 1.44. The highest BCUT2D eigenvalue weighted by atomic mass is 32.2. The molecule has 39 heavy (non-hydrogen) atoms. The van der Waals surface area contributed by atoms with E-state index in [1.807, 2.05) is 35.2 Å². The van der Waals surface area contributed by atoms with Crippen LogP contribution in [-0.4, -0.2) is 53.1 Å². The van der Waals surface area contributed by atoms with Gasteiger partial charge in [0.25, 0.3) is 5.69 Å². The molecule has 1 aliphatic heterocycles. The predicted octanol–water partition coefficient (Wildman–Crippen LogP) is 3.86. The SMILES string of the molecule is O=C1CN(CCN(Cc2ccccc2)S(=O)(=O)c2ccccc2[N+](=O)[O-])Cc2ccccc2C1(O)C1CCC1. The third-order valence-corrected chi connectivity index (χ3v) is 9.75. The smallest absolute Gasteiger partial charge is 0.289 e. The fraction of sp³-hybridized carbons (Fsp3) is 0.345. The van der Waals surface area contributed by atoms with E-state index in [4.69, 9.17) is 0 Å². The highest BCUT2D eigenvalue weighted by Gasteiger charge is 2.50. The Hall–Kier alpha value is -3.44. The van der Waals surface area contributed by atoms with E-state index in [9.17, 15) is 28.4 Å². The topological polar surface area (TPSA) is 121 Å². The van der Waals surface area contributed by atoms with Crippen LogP contribution in [0.4, 0.5) is 5.69 Å². The van der Waals surface area contributed by atoms with Crippen molar-refractivity contribution in [2.24, 2.45) is 5.92 Å². The molecule has 1 atom stereocenters. The van der Waals surface area contributed by atoms with E-state index in [1.54, 1.807) is 24.3 Å². The minimum atomic E-state index is -4.26. The summed E-state index contributed by atoms with van der Waals surface area (Å²) >= 11 is 0. The van der Waals surface area contributed by atoms with E-state index < -0.39 is 26.2 Å². The average Bonchev–Trinajstić information content (AvgIpc) is 3.00. The van der Waals surface area contributed by atoms with Crippen LogP contribution in [0.2, 0.25) is 0 Å². The molecule has 0 saturated heterocycles. The first kappa shape index (κ1) is 27.1. The number of sulfonamides is 1. The van der Waals surface area contributed by atoms with Gasteiger partial charge in [0.15, 0.2) is 16.3 Å². The number of ketones is 1. The van der Waals surface area contributed by atoms with Gasteiger partial charge >= 0.3 is 0 Å². The van der Waals surface area contributed by atoms with Gasteiger partial charge in [0, 0.05) is 32.2 Å². The van der Waals surface area contributed by atoms with E-state index in [-0.39, 0.29) is 42.8 Å². The van der Waals surface area contributed by atoms with Crippen LogP contribution in [0.1, 0.15) is 36.0 Å². The fourth-order valence-corrected chi connectivity index (χ4v) is 7.10. The number of fused-ring (bicyclic) bond motifs is 1. The Bertz CT molecular complexity index is 1480. The number of Topliss-reactive ketones (excluding diaryl/α,β-unsaturated/α-hetero) is 1. The lowest BCUT2D eigenvalue weighted by atomic mass is 9.67. The molecule has 1 fully saturated rings. The minimum absolute atomic E-state index is 0.000576. The second-order valence-electron chi connectivity index (χ2n) is 10.2. The Morgan fingerprint density at radius 1 is 0.974 bits per heavy atom. The lowest BCUT2D eigenvalue weighted by Gasteiger charge is -2.40. The van der Waals surface area contributed by atoms with Gasteiger partial charge < -0.3 is 5.11 Å². The number of hydrogen-bond donors (Lipinski definition) is 1. The van der Waals surface area contributed by atoms with Crippen molar-refractivity contribution >= 4 is 21.5 Å². The van der Waals surface area contributed by atoms with Crippen molar-refractivity contribution in [1.29, 1.82) is 0 Å². The van der Waals surface area contributed by atoms with E-state index in [0.29, 0.717) is 12.1 Å². The summed E-state index contributed by atoms with van der Waals surface area (Å²) in [6.07, 6.45) is 2.55. The molecule has 1 aliphatic carbocycles. The van der Waals surface area contributed by atoms with Gasteiger partial charge in [-0.2, -0.15) is 4.31 Å². The summed E-state index contributed by atoms with van der Waals surface area (Å²) in [6.45, 7) is 0.571. The molecule has 2 aliphatic rings. The van der Waals surface area contributed by atoms with Crippen molar-refractivity contribution in [2.75, 3.05) is 19.6 Å². The maximum absolute atomic E-state index is 13.8. The van der Waals surface area contributed by atoms with Crippen LogP contribution in [0.3, 0.4) is 0 Å². The number of rotatable bonds is 9. The number of nitro groups is 1. The monoisotopic (exact) mass is 549 g/mol. The molecule has 5 rings (SSSR count). The Morgan fingerprint density at radius 2 is 1.64 bits per heavy atom. The lowest BCUT2D eigenvalue weighted by Crippen LogP contribution is -2.49. The molecular formula is C29H31N3O6S. The molecule has 10 heteroatoms.